The molecule has 0 bridgehead atoms. The first-order chi connectivity index (χ1) is 10.0. The molecule has 1 N–H and O–H groups in total. The van der Waals surface area contributed by atoms with E-state index in [9.17, 15) is 13.2 Å². The molecule has 112 valence electrons. The molecule has 0 aliphatic heterocycles. The molecule has 0 saturated heterocycles. The van der Waals surface area contributed by atoms with E-state index < -0.39 is 23.5 Å². The highest BCUT2D eigenvalue weighted by Crippen LogP contribution is 2.29. The van der Waals surface area contributed by atoms with Crippen LogP contribution in [0.1, 0.15) is 24.1 Å². The van der Waals surface area contributed by atoms with Crippen molar-refractivity contribution in [1.29, 1.82) is 0 Å². The van der Waals surface area contributed by atoms with Crippen molar-refractivity contribution >= 4 is 11.6 Å². The standard InChI is InChI=1S/C16H15ClF3N/c1-2-21-15(10-5-3-8-14(20)16(10)17)9-11-12(18)6-4-7-13(11)19/h3-8,15,21H,2,9H2,1H3. The zero-order valence-corrected chi connectivity index (χ0v) is 12.2. The number of benzene rings is 2. The third kappa shape index (κ3) is 3.57. The van der Waals surface area contributed by atoms with Gasteiger partial charge in [0.25, 0.3) is 0 Å². The molecule has 5 heteroatoms. The monoisotopic (exact) mass is 313 g/mol. The molecule has 1 atom stereocenters. The van der Waals surface area contributed by atoms with Crippen LogP contribution in [-0.4, -0.2) is 6.54 Å². The number of halogens is 4. The van der Waals surface area contributed by atoms with Gasteiger partial charge in [0.1, 0.15) is 17.5 Å². The van der Waals surface area contributed by atoms with E-state index in [0.29, 0.717) is 12.1 Å². The van der Waals surface area contributed by atoms with Crippen LogP contribution in [0.5, 0.6) is 0 Å². The molecule has 0 spiro atoms. The summed E-state index contributed by atoms with van der Waals surface area (Å²) in [5, 5.41) is 3.06. The summed E-state index contributed by atoms with van der Waals surface area (Å²) in [6, 6.07) is 7.67. The fraction of sp³-hybridized carbons (Fsp3) is 0.250. The highest BCUT2D eigenvalue weighted by atomic mass is 35.5. The summed E-state index contributed by atoms with van der Waals surface area (Å²) in [6.45, 7) is 2.42. The van der Waals surface area contributed by atoms with Crippen molar-refractivity contribution < 1.29 is 13.2 Å². The molecule has 2 aromatic rings. The minimum atomic E-state index is -0.620. The molecule has 0 aliphatic rings. The first-order valence-corrected chi connectivity index (χ1v) is 7.02. The molecule has 2 aromatic carbocycles. The third-order valence-electron chi connectivity index (χ3n) is 3.28. The lowest BCUT2D eigenvalue weighted by molar-refractivity contribution is 0.497. The fourth-order valence-electron chi connectivity index (χ4n) is 2.26. The highest BCUT2D eigenvalue weighted by molar-refractivity contribution is 6.31. The second-order valence-corrected chi connectivity index (χ2v) is 5.04. The van der Waals surface area contributed by atoms with Crippen LogP contribution in [0.15, 0.2) is 36.4 Å². The van der Waals surface area contributed by atoms with Crippen LogP contribution in [-0.2, 0) is 6.42 Å². The smallest absolute Gasteiger partial charge is 0.142 e. The van der Waals surface area contributed by atoms with Crippen LogP contribution in [0.2, 0.25) is 5.02 Å². The lowest BCUT2D eigenvalue weighted by atomic mass is 9.98. The number of rotatable bonds is 5. The van der Waals surface area contributed by atoms with Crippen LogP contribution < -0.4 is 5.32 Å². The Bertz CT molecular complexity index is 611. The number of hydrogen-bond donors (Lipinski definition) is 1. The van der Waals surface area contributed by atoms with Crippen molar-refractivity contribution in [3.05, 3.63) is 70.0 Å². The van der Waals surface area contributed by atoms with E-state index in [2.05, 4.69) is 5.32 Å². The lowest BCUT2D eigenvalue weighted by Crippen LogP contribution is -2.24. The van der Waals surface area contributed by atoms with Gasteiger partial charge in [-0.1, -0.05) is 36.7 Å². The molecule has 0 aliphatic carbocycles. The van der Waals surface area contributed by atoms with Gasteiger partial charge in [-0.3, -0.25) is 0 Å². The van der Waals surface area contributed by atoms with E-state index in [1.54, 1.807) is 6.07 Å². The Labute approximate surface area is 126 Å². The molecule has 0 saturated carbocycles. The van der Waals surface area contributed by atoms with Crippen LogP contribution in [0.3, 0.4) is 0 Å². The van der Waals surface area contributed by atoms with E-state index in [1.165, 1.54) is 30.3 Å². The number of nitrogens with one attached hydrogen (secondary N) is 1. The lowest BCUT2D eigenvalue weighted by Gasteiger charge is -2.20. The Morgan fingerprint density at radius 2 is 1.57 bits per heavy atom. The van der Waals surface area contributed by atoms with Crippen molar-refractivity contribution in [3.63, 3.8) is 0 Å². The molecule has 0 aromatic heterocycles. The van der Waals surface area contributed by atoms with Gasteiger partial charge in [0.05, 0.1) is 5.02 Å². The van der Waals surface area contributed by atoms with Crippen molar-refractivity contribution in [1.82, 2.24) is 5.32 Å². The van der Waals surface area contributed by atoms with Gasteiger partial charge in [0, 0.05) is 11.6 Å². The Morgan fingerprint density at radius 3 is 2.19 bits per heavy atom. The van der Waals surface area contributed by atoms with Gasteiger partial charge < -0.3 is 5.32 Å². The predicted molar refractivity (Wildman–Crippen MR) is 77.9 cm³/mol. The van der Waals surface area contributed by atoms with Gasteiger partial charge in [0.15, 0.2) is 0 Å². The van der Waals surface area contributed by atoms with Gasteiger partial charge in [0.2, 0.25) is 0 Å². The second-order valence-electron chi connectivity index (χ2n) is 4.66. The normalized spacial score (nSPS) is 12.4. The first kappa shape index (κ1) is 15.9. The van der Waals surface area contributed by atoms with Crippen molar-refractivity contribution in [2.75, 3.05) is 6.54 Å². The molecule has 0 radical (unpaired) electrons. The van der Waals surface area contributed by atoms with Crippen LogP contribution >= 0.6 is 11.6 Å². The summed E-state index contributed by atoms with van der Waals surface area (Å²) < 4.78 is 41.1. The Morgan fingerprint density at radius 1 is 1.00 bits per heavy atom. The minimum absolute atomic E-state index is 0.0276. The SMILES string of the molecule is CCNC(Cc1c(F)cccc1F)c1cccc(F)c1Cl. The first-order valence-electron chi connectivity index (χ1n) is 6.64. The summed E-state index contributed by atoms with van der Waals surface area (Å²) in [5.41, 5.74) is 0.449. The molecule has 0 heterocycles. The van der Waals surface area contributed by atoms with Crippen molar-refractivity contribution in [3.8, 4) is 0 Å². The summed E-state index contributed by atoms with van der Waals surface area (Å²) in [5.74, 6) is -1.79. The van der Waals surface area contributed by atoms with E-state index >= 15 is 0 Å². The molecular formula is C16H15ClF3N. The summed E-state index contributed by atoms with van der Waals surface area (Å²) in [6.07, 6.45) is 0.0511. The van der Waals surface area contributed by atoms with Crippen LogP contribution in [0, 0.1) is 17.5 Å². The average Bonchev–Trinajstić information content (AvgIpc) is 2.45. The molecule has 1 nitrogen and oxygen atoms in total. The molecule has 2 rings (SSSR count). The Balaban J connectivity index is 2.38. The zero-order chi connectivity index (χ0) is 15.4. The van der Waals surface area contributed by atoms with E-state index in [1.807, 2.05) is 6.92 Å². The zero-order valence-electron chi connectivity index (χ0n) is 11.5. The topological polar surface area (TPSA) is 12.0 Å². The Kier molecular flexibility index (Phi) is 5.26. The maximum atomic E-state index is 13.8. The second kappa shape index (κ2) is 6.96. The van der Waals surface area contributed by atoms with Crippen molar-refractivity contribution in [2.45, 2.75) is 19.4 Å². The van der Waals surface area contributed by atoms with E-state index in [0.717, 1.165) is 0 Å². The van der Waals surface area contributed by atoms with Gasteiger partial charge >= 0.3 is 0 Å². The Hall–Kier alpha value is -1.52. The van der Waals surface area contributed by atoms with Crippen LogP contribution in [0.4, 0.5) is 13.2 Å². The fourth-order valence-corrected chi connectivity index (χ4v) is 2.52. The predicted octanol–water partition coefficient (Wildman–Crippen LogP) is 4.65. The van der Waals surface area contributed by atoms with Gasteiger partial charge in [-0.2, -0.15) is 0 Å². The maximum Gasteiger partial charge on any atom is 0.142 e. The number of hydrogen-bond acceptors (Lipinski definition) is 1. The molecular weight excluding hydrogens is 299 g/mol. The van der Waals surface area contributed by atoms with Gasteiger partial charge in [-0.05, 0) is 36.7 Å². The number of likely N-dealkylation sites (N-methyl/N-ethyl adjacent to an activating group) is 1. The van der Waals surface area contributed by atoms with Crippen molar-refractivity contribution in [2.24, 2.45) is 0 Å². The largest absolute Gasteiger partial charge is 0.310 e. The quantitative estimate of drug-likeness (QED) is 0.847. The maximum absolute atomic E-state index is 13.8. The van der Waals surface area contributed by atoms with Gasteiger partial charge in [-0.15, -0.1) is 0 Å². The molecule has 0 fully saturated rings. The third-order valence-corrected chi connectivity index (χ3v) is 3.68. The molecule has 21 heavy (non-hydrogen) atoms. The minimum Gasteiger partial charge on any atom is -0.310 e. The van der Waals surface area contributed by atoms with Gasteiger partial charge in [-0.25, -0.2) is 13.2 Å². The molecule has 0 amide bonds. The highest BCUT2D eigenvalue weighted by Gasteiger charge is 2.20. The summed E-state index contributed by atoms with van der Waals surface area (Å²) in [4.78, 5) is 0. The average molecular weight is 314 g/mol. The summed E-state index contributed by atoms with van der Waals surface area (Å²) in [7, 11) is 0. The van der Waals surface area contributed by atoms with Crippen LogP contribution in [0.25, 0.3) is 0 Å². The van der Waals surface area contributed by atoms with E-state index in [4.69, 9.17) is 11.6 Å². The summed E-state index contributed by atoms with van der Waals surface area (Å²) >= 11 is 5.97. The van der Waals surface area contributed by atoms with E-state index in [-0.39, 0.29) is 17.0 Å². The molecule has 1 unspecified atom stereocenters.